The maximum atomic E-state index is 12.1. The summed E-state index contributed by atoms with van der Waals surface area (Å²) >= 11 is 0. The van der Waals surface area contributed by atoms with Crippen molar-refractivity contribution in [3.05, 3.63) is 29.8 Å². The van der Waals surface area contributed by atoms with Crippen LogP contribution in [0.15, 0.2) is 29.2 Å². The molecule has 1 aromatic rings. The van der Waals surface area contributed by atoms with Crippen molar-refractivity contribution in [2.75, 3.05) is 13.6 Å². The molecule has 1 rings (SSSR count). The van der Waals surface area contributed by atoms with Gasteiger partial charge < -0.3 is 10.6 Å². The second-order valence-corrected chi connectivity index (χ2v) is 6.92. The van der Waals surface area contributed by atoms with Crippen molar-refractivity contribution in [3.8, 4) is 0 Å². The van der Waals surface area contributed by atoms with Gasteiger partial charge in [-0.1, -0.05) is 6.07 Å². The van der Waals surface area contributed by atoms with Crippen LogP contribution in [0.25, 0.3) is 0 Å². The molecule has 0 aliphatic heterocycles. The van der Waals surface area contributed by atoms with Gasteiger partial charge in [0.2, 0.25) is 10.0 Å². The number of nitrogens with one attached hydrogen (secondary N) is 3. The molecule has 0 spiro atoms. The first-order valence-corrected chi connectivity index (χ1v) is 8.32. The minimum Gasteiger partial charge on any atom is -0.350 e. The van der Waals surface area contributed by atoms with Crippen LogP contribution in [0.1, 0.15) is 31.1 Å². The summed E-state index contributed by atoms with van der Waals surface area (Å²) in [5.74, 6) is -0.293. The number of carbonyl (C=O) groups is 1. The Hall–Kier alpha value is -1.15. The third-order valence-electron chi connectivity index (χ3n) is 2.86. The summed E-state index contributed by atoms with van der Waals surface area (Å²) in [5.41, 5.74) is 0.324. The summed E-state index contributed by atoms with van der Waals surface area (Å²) in [6.45, 7) is 5.89. The highest BCUT2D eigenvalue weighted by Gasteiger charge is 2.17. The molecule has 22 heavy (non-hydrogen) atoms. The van der Waals surface area contributed by atoms with Crippen LogP contribution in [0.4, 0.5) is 0 Å². The Labute approximate surface area is 138 Å². The van der Waals surface area contributed by atoms with Crippen molar-refractivity contribution in [3.63, 3.8) is 0 Å². The van der Waals surface area contributed by atoms with Crippen molar-refractivity contribution in [2.24, 2.45) is 0 Å². The average molecular weight is 350 g/mol. The lowest BCUT2D eigenvalue weighted by molar-refractivity contribution is 0.0950. The van der Waals surface area contributed by atoms with Crippen molar-refractivity contribution in [1.29, 1.82) is 0 Å². The fourth-order valence-electron chi connectivity index (χ4n) is 1.63. The van der Waals surface area contributed by atoms with Crippen molar-refractivity contribution in [1.82, 2.24) is 15.4 Å². The Morgan fingerprint density at radius 1 is 1.23 bits per heavy atom. The number of sulfonamides is 1. The summed E-state index contributed by atoms with van der Waals surface area (Å²) < 4.78 is 26.6. The predicted molar refractivity (Wildman–Crippen MR) is 90.0 cm³/mol. The molecule has 1 amide bonds. The number of likely N-dealkylation sites (N-methyl/N-ethyl adjacent to an activating group) is 1. The van der Waals surface area contributed by atoms with Gasteiger partial charge in [-0.05, 0) is 46.0 Å². The standard InChI is InChI=1S/C14H23N3O3S.ClH/c1-10(2)17-21(19,20)13-7-5-6-12(8-13)14(18)16-9-11(3)15-4;/h5-8,10-11,15,17H,9H2,1-4H3,(H,16,18);1H. The van der Waals surface area contributed by atoms with Gasteiger partial charge in [0, 0.05) is 24.2 Å². The van der Waals surface area contributed by atoms with Crippen LogP contribution in [-0.2, 0) is 10.0 Å². The largest absolute Gasteiger partial charge is 0.350 e. The first-order chi connectivity index (χ1) is 9.76. The molecule has 1 atom stereocenters. The molecule has 126 valence electrons. The Balaban J connectivity index is 0.00000441. The maximum absolute atomic E-state index is 12.1. The van der Waals surface area contributed by atoms with E-state index in [1.165, 1.54) is 12.1 Å². The van der Waals surface area contributed by atoms with Crippen LogP contribution in [0, 0.1) is 0 Å². The van der Waals surface area contributed by atoms with E-state index in [-0.39, 0.29) is 35.3 Å². The number of halogens is 1. The van der Waals surface area contributed by atoms with E-state index in [2.05, 4.69) is 15.4 Å². The van der Waals surface area contributed by atoms with Crippen LogP contribution in [-0.4, -0.2) is 40.0 Å². The minimum atomic E-state index is -3.59. The molecule has 0 saturated carbocycles. The molecule has 0 saturated heterocycles. The van der Waals surface area contributed by atoms with E-state index >= 15 is 0 Å². The highest BCUT2D eigenvalue weighted by atomic mass is 35.5. The van der Waals surface area contributed by atoms with Gasteiger partial charge in [0.15, 0.2) is 0 Å². The molecular formula is C14H24ClN3O3S. The van der Waals surface area contributed by atoms with Crippen LogP contribution in [0.5, 0.6) is 0 Å². The minimum absolute atomic E-state index is 0. The van der Waals surface area contributed by atoms with Crippen LogP contribution >= 0.6 is 12.4 Å². The van der Waals surface area contributed by atoms with Gasteiger partial charge in [0.25, 0.3) is 5.91 Å². The molecule has 0 fully saturated rings. The number of benzene rings is 1. The van der Waals surface area contributed by atoms with Gasteiger partial charge in [-0.25, -0.2) is 13.1 Å². The molecule has 0 bridgehead atoms. The van der Waals surface area contributed by atoms with Gasteiger partial charge in [-0.3, -0.25) is 4.79 Å². The molecule has 0 aliphatic rings. The SMILES string of the molecule is CNC(C)CNC(=O)c1cccc(S(=O)(=O)NC(C)C)c1.Cl. The van der Waals surface area contributed by atoms with Gasteiger partial charge in [0.1, 0.15) is 0 Å². The van der Waals surface area contributed by atoms with E-state index < -0.39 is 10.0 Å². The van der Waals surface area contributed by atoms with Crippen molar-refractivity contribution >= 4 is 28.3 Å². The zero-order valence-corrected chi connectivity index (χ0v) is 14.8. The quantitative estimate of drug-likeness (QED) is 0.688. The Morgan fingerprint density at radius 3 is 2.41 bits per heavy atom. The van der Waals surface area contributed by atoms with Gasteiger partial charge in [0.05, 0.1) is 4.90 Å². The smallest absolute Gasteiger partial charge is 0.251 e. The number of amides is 1. The Kier molecular flexibility index (Phi) is 8.62. The van der Waals surface area contributed by atoms with E-state index in [4.69, 9.17) is 0 Å². The van der Waals surface area contributed by atoms with E-state index in [0.29, 0.717) is 12.1 Å². The first-order valence-electron chi connectivity index (χ1n) is 6.84. The average Bonchev–Trinajstić information content (AvgIpc) is 2.43. The molecule has 1 aromatic carbocycles. The van der Waals surface area contributed by atoms with Gasteiger partial charge in [-0.15, -0.1) is 12.4 Å². The zero-order valence-electron chi connectivity index (χ0n) is 13.2. The molecule has 3 N–H and O–H groups in total. The zero-order chi connectivity index (χ0) is 16.0. The number of carbonyl (C=O) groups excluding carboxylic acids is 1. The fraction of sp³-hybridized carbons (Fsp3) is 0.500. The number of hydrogen-bond acceptors (Lipinski definition) is 4. The summed E-state index contributed by atoms with van der Waals surface area (Å²) in [4.78, 5) is 12.1. The number of rotatable bonds is 7. The second kappa shape index (κ2) is 9.09. The normalized spacial score (nSPS) is 12.6. The van der Waals surface area contributed by atoms with Gasteiger partial charge in [-0.2, -0.15) is 0 Å². The third kappa shape index (κ3) is 6.31. The topological polar surface area (TPSA) is 87.3 Å². The third-order valence-corrected chi connectivity index (χ3v) is 4.52. The van der Waals surface area contributed by atoms with Crippen LogP contribution < -0.4 is 15.4 Å². The molecule has 1 unspecified atom stereocenters. The Bertz CT molecular complexity index is 591. The molecule has 8 heteroatoms. The lowest BCUT2D eigenvalue weighted by Gasteiger charge is -2.13. The maximum Gasteiger partial charge on any atom is 0.251 e. The highest BCUT2D eigenvalue weighted by Crippen LogP contribution is 2.12. The van der Waals surface area contributed by atoms with Crippen molar-refractivity contribution < 1.29 is 13.2 Å². The lowest BCUT2D eigenvalue weighted by Crippen LogP contribution is -2.37. The molecule has 0 heterocycles. The first kappa shape index (κ1) is 20.9. The van der Waals surface area contributed by atoms with Crippen molar-refractivity contribution in [2.45, 2.75) is 37.8 Å². The fourth-order valence-corrected chi connectivity index (χ4v) is 2.93. The lowest BCUT2D eigenvalue weighted by atomic mass is 10.2. The van der Waals surface area contributed by atoms with Gasteiger partial charge >= 0.3 is 0 Å². The molecular weight excluding hydrogens is 326 g/mol. The summed E-state index contributed by atoms with van der Waals surface area (Å²) in [7, 11) is -1.79. The molecule has 0 aliphatic carbocycles. The summed E-state index contributed by atoms with van der Waals surface area (Å²) in [6, 6.07) is 5.94. The van der Waals surface area contributed by atoms with E-state index in [0.717, 1.165) is 0 Å². The van der Waals surface area contributed by atoms with Crippen LogP contribution in [0.2, 0.25) is 0 Å². The molecule has 0 radical (unpaired) electrons. The van der Waals surface area contributed by atoms with E-state index in [9.17, 15) is 13.2 Å². The van der Waals surface area contributed by atoms with E-state index in [1.54, 1.807) is 26.0 Å². The molecule has 6 nitrogen and oxygen atoms in total. The number of hydrogen-bond donors (Lipinski definition) is 3. The van der Waals surface area contributed by atoms with E-state index in [1.807, 2.05) is 14.0 Å². The predicted octanol–water partition coefficient (Wildman–Crippen LogP) is 1.13. The molecule has 0 aromatic heterocycles. The monoisotopic (exact) mass is 349 g/mol. The van der Waals surface area contributed by atoms with Crippen LogP contribution in [0.3, 0.4) is 0 Å². The summed E-state index contributed by atoms with van der Waals surface area (Å²) in [5, 5.41) is 5.76. The summed E-state index contributed by atoms with van der Waals surface area (Å²) in [6.07, 6.45) is 0. The second-order valence-electron chi connectivity index (χ2n) is 5.20. The highest BCUT2D eigenvalue weighted by molar-refractivity contribution is 7.89. The Morgan fingerprint density at radius 2 is 1.86 bits per heavy atom.